The third-order valence-electron chi connectivity index (χ3n) is 3.88. The van der Waals surface area contributed by atoms with Crippen LogP contribution in [0.1, 0.15) is 30.4 Å². The van der Waals surface area contributed by atoms with E-state index in [0.29, 0.717) is 22.0 Å². The van der Waals surface area contributed by atoms with Gasteiger partial charge in [-0.15, -0.1) is 11.3 Å². The van der Waals surface area contributed by atoms with E-state index in [-0.39, 0.29) is 5.91 Å². The van der Waals surface area contributed by atoms with Gasteiger partial charge in [0.2, 0.25) is 0 Å². The fourth-order valence-electron chi connectivity index (χ4n) is 2.67. The molecule has 0 aliphatic rings. The van der Waals surface area contributed by atoms with E-state index in [0.717, 1.165) is 10.1 Å². The van der Waals surface area contributed by atoms with Crippen LogP contribution in [0.4, 0.5) is 16.2 Å². The SMILES string of the molecule is CC(C)(C)OC(=O)Nc1ccccc1NC(=O)c1cc2cc(OCC(=O)O)ccc2s1. The molecule has 0 radical (unpaired) electrons. The summed E-state index contributed by atoms with van der Waals surface area (Å²) in [6.07, 6.45) is -0.620. The van der Waals surface area contributed by atoms with Crippen LogP contribution in [-0.2, 0) is 9.53 Å². The zero-order valence-corrected chi connectivity index (χ0v) is 18.0. The number of hydrogen-bond donors (Lipinski definition) is 3. The molecule has 2 aromatic carbocycles. The molecule has 8 nitrogen and oxygen atoms in total. The molecule has 0 unspecified atom stereocenters. The third kappa shape index (κ3) is 6.19. The molecule has 0 aliphatic heterocycles. The van der Waals surface area contributed by atoms with Crippen molar-refractivity contribution in [1.29, 1.82) is 0 Å². The number of carbonyl (C=O) groups is 3. The second kappa shape index (κ2) is 9.05. The summed E-state index contributed by atoms with van der Waals surface area (Å²) in [5.74, 6) is -0.997. The van der Waals surface area contributed by atoms with E-state index >= 15 is 0 Å². The Morgan fingerprint density at radius 2 is 1.68 bits per heavy atom. The number of hydrogen-bond acceptors (Lipinski definition) is 6. The molecule has 0 atom stereocenters. The van der Waals surface area contributed by atoms with Gasteiger partial charge in [0.25, 0.3) is 5.91 Å². The predicted molar refractivity (Wildman–Crippen MR) is 119 cm³/mol. The summed E-state index contributed by atoms with van der Waals surface area (Å²) in [5, 5.41) is 14.9. The lowest BCUT2D eigenvalue weighted by atomic mass is 10.2. The maximum absolute atomic E-state index is 12.8. The number of para-hydroxylation sites is 2. The van der Waals surface area contributed by atoms with E-state index in [2.05, 4.69) is 10.6 Å². The summed E-state index contributed by atoms with van der Waals surface area (Å²) >= 11 is 1.29. The fourth-order valence-corrected chi connectivity index (χ4v) is 3.61. The molecule has 3 aromatic rings. The van der Waals surface area contributed by atoms with Gasteiger partial charge in [0, 0.05) is 4.70 Å². The Kier molecular flexibility index (Phi) is 6.45. The van der Waals surface area contributed by atoms with Gasteiger partial charge in [-0.3, -0.25) is 10.1 Å². The first-order valence-corrected chi connectivity index (χ1v) is 10.2. The number of carboxylic acids is 1. The highest BCUT2D eigenvalue weighted by Crippen LogP contribution is 2.30. The van der Waals surface area contributed by atoms with E-state index in [1.165, 1.54) is 11.3 Å². The summed E-state index contributed by atoms with van der Waals surface area (Å²) in [7, 11) is 0. The molecule has 9 heteroatoms. The number of carbonyl (C=O) groups excluding carboxylic acids is 2. The molecule has 31 heavy (non-hydrogen) atoms. The first-order chi connectivity index (χ1) is 14.6. The first kappa shape index (κ1) is 22.1. The second-order valence-electron chi connectivity index (χ2n) is 7.62. The average molecular weight is 442 g/mol. The minimum Gasteiger partial charge on any atom is -0.482 e. The molecule has 162 valence electrons. The van der Waals surface area contributed by atoms with Gasteiger partial charge in [0.05, 0.1) is 16.3 Å². The van der Waals surface area contributed by atoms with E-state index in [1.54, 1.807) is 69.3 Å². The number of carboxylic acid groups (broad SMARTS) is 1. The molecule has 1 heterocycles. The molecule has 0 saturated carbocycles. The van der Waals surface area contributed by atoms with Crippen LogP contribution in [0, 0.1) is 0 Å². The number of thiophene rings is 1. The Bertz CT molecular complexity index is 1130. The maximum Gasteiger partial charge on any atom is 0.412 e. The van der Waals surface area contributed by atoms with Crippen molar-refractivity contribution < 1.29 is 29.0 Å². The number of nitrogens with one attached hydrogen (secondary N) is 2. The molecule has 1 aromatic heterocycles. The smallest absolute Gasteiger partial charge is 0.412 e. The van der Waals surface area contributed by atoms with Crippen molar-refractivity contribution in [2.75, 3.05) is 17.2 Å². The highest BCUT2D eigenvalue weighted by Gasteiger charge is 2.18. The van der Waals surface area contributed by atoms with Crippen molar-refractivity contribution >= 4 is 50.8 Å². The number of benzene rings is 2. The molecule has 0 fully saturated rings. The zero-order chi connectivity index (χ0) is 22.6. The average Bonchev–Trinajstić information content (AvgIpc) is 3.10. The van der Waals surface area contributed by atoms with Crippen LogP contribution in [0.25, 0.3) is 10.1 Å². The number of anilines is 2. The topological polar surface area (TPSA) is 114 Å². The number of aliphatic carboxylic acids is 1. The Labute approximate surface area is 182 Å². The first-order valence-electron chi connectivity index (χ1n) is 9.39. The van der Waals surface area contributed by atoms with Gasteiger partial charge >= 0.3 is 12.1 Å². The largest absolute Gasteiger partial charge is 0.482 e. The van der Waals surface area contributed by atoms with Crippen LogP contribution in [0.15, 0.2) is 48.5 Å². The Hall–Kier alpha value is -3.59. The lowest BCUT2D eigenvalue weighted by molar-refractivity contribution is -0.139. The van der Waals surface area contributed by atoms with Gasteiger partial charge in [-0.1, -0.05) is 12.1 Å². The van der Waals surface area contributed by atoms with Crippen molar-refractivity contribution in [3.63, 3.8) is 0 Å². The quantitative estimate of drug-likeness (QED) is 0.497. The summed E-state index contributed by atoms with van der Waals surface area (Å²) in [5.41, 5.74) is 0.198. The molecule has 0 bridgehead atoms. The van der Waals surface area contributed by atoms with Crippen molar-refractivity contribution in [2.24, 2.45) is 0 Å². The molecule has 0 saturated heterocycles. The maximum atomic E-state index is 12.8. The van der Waals surface area contributed by atoms with Gasteiger partial charge in [-0.25, -0.2) is 9.59 Å². The zero-order valence-electron chi connectivity index (χ0n) is 17.2. The van der Waals surface area contributed by atoms with Crippen molar-refractivity contribution in [2.45, 2.75) is 26.4 Å². The standard InChI is InChI=1S/C22H22N2O6S/c1-22(2,3)30-21(28)24-16-7-5-4-6-15(16)23-20(27)18-11-13-10-14(29-12-19(25)26)8-9-17(13)31-18/h4-11H,12H2,1-3H3,(H,23,27)(H,24,28)(H,25,26). The fraction of sp³-hybridized carbons (Fsp3) is 0.227. The van der Waals surface area contributed by atoms with Crippen LogP contribution in [0.5, 0.6) is 5.75 Å². The molecule has 3 rings (SSSR count). The van der Waals surface area contributed by atoms with Gasteiger partial charge in [0.1, 0.15) is 11.4 Å². The Balaban J connectivity index is 1.75. The summed E-state index contributed by atoms with van der Waals surface area (Å²) in [4.78, 5) is 36.0. The summed E-state index contributed by atoms with van der Waals surface area (Å²) in [6.45, 7) is 4.85. The number of ether oxygens (including phenoxy) is 2. The van der Waals surface area contributed by atoms with Gasteiger partial charge in [-0.05, 0) is 62.6 Å². The molecular formula is C22H22N2O6S. The highest BCUT2D eigenvalue weighted by atomic mass is 32.1. The molecule has 3 N–H and O–H groups in total. The highest BCUT2D eigenvalue weighted by molar-refractivity contribution is 7.20. The monoisotopic (exact) mass is 442 g/mol. The number of rotatable bonds is 6. The van der Waals surface area contributed by atoms with Crippen LogP contribution in [0.3, 0.4) is 0 Å². The molecule has 2 amide bonds. The van der Waals surface area contributed by atoms with Crippen molar-refractivity contribution in [3.8, 4) is 5.75 Å². The summed E-state index contributed by atoms with van der Waals surface area (Å²) < 4.78 is 11.3. The minimum absolute atomic E-state index is 0.340. The third-order valence-corrected chi connectivity index (χ3v) is 5.00. The van der Waals surface area contributed by atoms with Gasteiger partial charge in [-0.2, -0.15) is 0 Å². The van der Waals surface area contributed by atoms with Crippen molar-refractivity contribution in [3.05, 3.63) is 53.4 Å². The van der Waals surface area contributed by atoms with E-state index in [9.17, 15) is 14.4 Å². The van der Waals surface area contributed by atoms with Crippen LogP contribution >= 0.6 is 11.3 Å². The van der Waals surface area contributed by atoms with Crippen molar-refractivity contribution in [1.82, 2.24) is 0 Å². The molecular weight excluding hydrogens is 420 g/mol. The second-order valence-corrected chi connectivity index (χ2v) is 8.70. The normalized spacial score (nSPS) is 11.1. The van der Waals surface area contributed by atoms with Crippen LogP contribution in [-0.4, -0.2) is 35.3 Å². The predicted octanol–water partition coefficient (Wildman–Crippen LogP) is 4.96. The molecule has 0 spiro atoms. The lowest BCUT2D eigenvalue weighted by Gasteiger charge is -2.20. The minimum atomic E-state index is -1.07. The van der Waals surface area contributed by atoms with E-state index in [4.69, 9.17) is 14.6 Å². The van der Waals surface area contributed by atoms with E-state index in [1.807, 2.05) is 0 Å². The number of fused-ring (bicyclic) bond motifs is 1. The lowest BCUT2D eigenvalue weighted by Crippen LogP contribution is -2.27. The Morgan fingerprint density at radius 1 is 1.00 bits per heavy atom. The van der Waals surface area contributed by atoms with Gasteiger partial charge < -0.3 is 19.9 Å². The number of amides is 2. The molecule has 0 aliphatic carbocycles. The van der Waals surface area contributed by atoms with Gasteiger partial charge in [0.15, 0.2) is 6.61 Å². The van der Waals surface area contributed by atoms with Crippen LogP contribution in [0.2, 0.25) is 0 Å². The summed E-state index contributed by atoms with van der Waals surface area (Å²) in [6, 6.07) is 13.6. The van der Waals surface area contributed by atoms with E-state index < -0.39 is 24.3 Å². The van der Waals surface area contributed by atoms with Crippen LogP contribution < -0.4 is 15.4 Å². The Morgan fingerprint density at radius 3 is 2.32 bits per heavy atom.